The Balaban J connectivity index is 1.97. The van der Waals surface area contributed by atoms with E-state index in [4.69, 9.17) is 9.47 Å². The largest absolute Gasteiger partial charge is 0.508 e. The van der Waals surface area contributed by atoms with Crippen LogP contribution < -0.4 is 5.32 Å². The van der Waals surface area contributed by atoms with Crippen molar-refractivity contribution in [3.63, 3.8) is 0 Å². The van der Waals surface area contributed by atoms with E-state index in [2.05, 4.69) is 33.9 Å². The van der Waals surface area contributed by atoms with Gasteiger partial charge >= 0.3 is 12.1 Å². The summed E-state index contributed by atoms with van der Waals surface area (Å²) in [4.78, 5) is 23.4. The molecule has 6 nitrogen and oxygen atoms in total. The number of phenols is 1. The highest BCUT2D eigenvalue weighted by Crippen LogP contribution is 2.25. The quantitative estimate of drug-likeness (QED) is 0.306. The summed E-state index contributed by atoms with van der Waals surface area (Å²) in [6.07, 6.45) is -0.173. The van der Waals surface area contributed by atoms with Crippen molar-refractivity contribution in [1.29, 1.82) is 0 Å². The van der Waals surface area contributed by atoms with Crippen molar-refractivity contribution < 1.29 is 24.2 Å². The maximum absolute atomic E-state index is 12.2. The maximum Gasteiger partial charge on any atom is 0.412 e. The van der Waals surface area contributed by atoms with Crippen molar-refractivity contribution in [2.75, 3.05) is 17.7 Å². The lowest BCUT2D eigenvalue weighted by molar-refractivity contribution is -0.140. The topological polar surface area (TPSA) is 84.9 Å². The Hall–Kier alpha value is -2.19. The van der Waals surface area contributed by atoms with E-state index in [0.29, 0.717) is 18.5 Å². The molecule has 1 amide bonds. The van der Waals surface area contributed by atoms with Gasteiger partial charge in [0, 0.05) is 10.2 Å². The van der Waals surface area contributed by atoms with Crippen molar-refractivity contribution in [3.05, 3.63) is 58.6 Å². The monoisotopic (exact) mass is 453 g/mol. The van der Waals surface area contributed by atoms with Gasteiger partial charge in [0.25, 0.3) is 0 Å². The molecule has 0 saturated heterocycles. The van der Waals surface area contributed by atoms with Crippen LogP contribution in [0.25, 0.3) is 0 Å². The molecule has 8 heteroatoms. The normalized spacial score (nSPS) is 11.5. The van der Waals surface area contributed by atoms with Gasteiger partial charge in [0.1, 0.15) is 11.9 Å². The summed E-state index contributed by atoms with van der Waals surface area (Å²) >= 11 is 7.18. The number of thiol groups is 1. The average Bonchev–Trinajstić information content (AvgIpc) is 2.66. The summed E-state index contributed by atoms with van der Waals surface area (Å²) in [6.45, 7) is 0.214. The van der Waals surface area contributed by atoms with E-state index in [9.17, 15) is 14.7 Å². The molecular weight excluding hydrogens is 434 g/mol. The number of carbonyl (C=O) groups is 2. The lowest BCUT2D eigenvalue weighted by atomic mass is 10.0. The number of ether oxygens (including phenoxy) is 2. The first-order valence-electron chi connectivity index (χ1n) is 8.26. The summed E-state index contributed by atoms with van der Waals surface area (Å²) in [5.41, 5.74) is 1.34. The first kappa shape index (κ1) is 21.1. The number of benzene rings is 2. The molecule has 0 heterocycles. The van der Waals surface area contributed by atoms with E-state index in [1.54, 1.807) is 24.3 Å². The second kappa shape index (κ2) is 10.8. The fourth-order valence-corrected chi connectivity index (χ4v) is 2.65. The molecule has 27 heavy (non-hydrogen) atoms. The zero-order chi connectivity index (χ0) is 19.6. The minimum Gasteiger partial charge on any atom is -0.508 e. The van der Waals surface area contributed by atoms with Crippen LogP contribution in [0.4, 0.5) is 10.5 Å². The van der Waals surface area contributed by atoms with Crippen molar-refractivity contribution in [2.24, 2.45) is 0 Å². The number of hydrogen-bond acceptors (Lipinski definition) is 6. The molecule has 2 rings (SSSR count). The van der Waals surface area contributed by atoms with Crippen LogP contribution in [-0.4, -0.2) is 29.5 Å². The molecule has 0 aliphatic rings. The number of aromatic hydroxyl groups is 1. The molecule has 0 bridgehead atoms. The molecule has 0 spiro atoms. The van der Waals surface area contributed by atoms with E-state index in [1.807, 2.05) is 12.1 Å². The number of amides is 1. The van der Waals surface area contributed by atoms with Gasteiger partial charge < -0.3 is 14.6 Å². The van der Waals surface area contributed by atoms with Crippen LogP contribution in [0, 0.1) is 0 Å². The highest BCUT2D eigenvalue weighted by atomic mass is 79.9. The third-order valence-electron chi connectivity index (χ3n) is 3.61. The van der Waals surface area contributed by atoms with Gasteiger partial charge in [0.15, 0.2) is 0 Å². The van der Waals surface area contributed by atoms with E-state index in [-0.39, 0.29) is 18.1 Å². The first-order chi connectivity index (χ1) is 13.0. The molecule has 2 aromatic carbocycles. The molecule has 2 aromatic rings. The van der Waals surface area contributed by atoms with Gasteiger partial charge in [-0.3, -0.25) is 10.1 Å². The van der Waals surface area contributed by atoms with Gasteiger partial charge in [0.05, 0.1) is 12.4 Å². The molecule has 0 aliphatic carbocycles. The Morgan fingerprint density at radius 3 is 2.41 bits per heavy atom. The summed E-state index contributed by atoms with van der Waals surface area (Å²) in [6, 6.07) is 13.5. The van der Waals surface area contributed by atoms with Crippen LogP contribution >= 0.6 is 28.6 Å². The molecule has 0 radical (unpaired) electrons. The van der Waals surface area contributed by atoms with Crippen molar-refractivity contribution >= 4 is 46.3 Å². The molecule has 0 unspecified atom stereocenters. The summed E-state index contributed by atoms with van der Waals surface area (Å²) < 4.78 is 11.4. The Morgan fingerprint density at radius 1 is 1.11 bits per heavy atom. The van der Waals surface area contributed by atoms with Gasteiger partial charge in [-0.05, 0) is 54.8 Å². The van der Waals surface area contributed by atoms with E-state index in [1.165, 1.54) is 12.1 Å². The van der Waals surface area contributed by atoms with E-state index in [0.717, 1.165) is 10.0 Å². The van der Waals surface area contributed by atoms with Crippen molar-refractivity contribution in [3.8, 4) is 5.75 Å². The van der Waals surface area contributed by atoms with Crippen LogP contribution in [0.2, 0.25) is 0 Å². The fraction of sp³-hybridized carbons (Fsp3) is 0.263. The van der Waals surface area contributed by atoms with Crippen LogP contribution in [0.3, 0.4) is 0 Å². The predicted molar refractivity (Wildman–Crippen MR) is 109 cm³/mol. The van der Waals surface area contributed by atoms with E-state index >= 15 is 0 Å². The van der Waals surface area contributed by atoms with Gasteiger partial charge in [-0.2, -0.15) is 12.6 Å². The third-order valence-corrected chi connectivity index (χ3v) is 4.39. The first-order valence-corrected chi connectivity index (χ1v) is 9.69. The summed E-state index contributed by atoms with van der Waals surface area (Å²) in [5, 5.41) is 12.1. The Bertz CT molecular complexity index is 752. The maximum atomic E-state index is 12.2. The van der Waals surface area contributed by atoms with Crippen LogP contribution in [0.5, 0.6) is 5.75 Å². The van der Waals surface area contributed by atoms with Crippen LogP contribution in [0.1, 0.15) is 24.5 Å². The zero-order valence-corrected chi connectivity index (χ0v) is 16.9. The second-order valence-corrected chi connectivity index (χ2v) is 6.87. The number of anilines is 1. The minimum absolute atomic E-state index is 0.0213. The van der Waals surface area contributed by atoms with Crippen molar-refractivity contribution in [2.45, 2.75) is 18.9 Å². The molecule has 2 N–H and O–H groups in total. The molecule has 0 saturated carbocycles. The van der Waals surface area contributed by atoms with Crippen LogP contribution in [0.15, 0.2) is 53.0 Å². The Kier molecular flexibility index (Phi) is 8.47. The molecule has 0 fully saturated rings. The van der Waals surface area contributed by atoms with Crippen LogP contribution in [-0.2, 0) is 14.3 Å². The lowest BCUT2D eigenvalue weighted by Crippen LogP contribution is -2.18. The number of hydrogen-bond donors (Lipinski definition) is 3. The number of nitrogens with one attached hydrogen (secondary N) is 1. The lowest BCUT2D eigenvalue weighted by Gasteiger charge is -2.19. The highest BCUT2D eigenvalue weighted by Gasteiger charge is 2.17. The number of esters is 1. The molecule has 1 atom stereocenters. The standard InChI is InChI=1S/C19H20BrNO5S/c20-14-5-7-15(8-6-14)21-19(24)26-17(2-1-11-25-18(23)12-27)13-3-9-16(22)10-4-13/h3-10,17,22,27H,1-2,11-12H2,(H,21,24)/t17-/m0/s1. The SMILES string of the molecule is O=C(CS)OCCC[C@H](OC(=O)Nc1ccc(Br)cc1)c1ccc(O)cc1. The number of phenolic OH excluding ortho intramolecular Hbond substituents is 1. The predicted octanol–water partition coefficient (Wildman–Crippen LogP) is 4.70. The highest BCUT2D eigenvalue weighted by molar-refractivity contribution is 9.10. The van der Waals surface area contributed by atoms with E-state index < -0.39 is 18.2 Å². The Labute approximate surface area is 171 Å². The number of rotatable bonds is 8. The Morgan fingerprint density at radius 2 is 1.78 bits per heavy atom. The smallest absolute Gasteiger partial charge is 0.412 e. The molecule has 0 aromatic heterocycles. The van der Waals surface area contributed by atoms with Gasteiger partial charge in [-0.15, -0.1) is 0 Å². The summed E-state index contributed by atoms with van der Waals surface area (Å²) in [5.74, 6) is -0.249. The second-order valence-electron chi connectivity index (χ2n) is 5.64. The van der Waals surface area contributed by atoms with Crippen molar-refractivity contribution in [1.82, 2.24) is 0 Å². The van der Waals surface area contributed by atoms with Gasteiger partial charge in [-0.25, -0.2) is 4.79 Å². The van der Waals surface area contributed by atoms with Gasteiger partial charge in [0.2, 0.25) is 0 Å². The van der Waals surface area contributed by atoms with Gasteiger partial charge in [-0.1, -0.05) is 28.1 Å². The zero-order valence-electron chi connectivity index (χ0n) is 14.4. The number of halogens is 1. The third kappa shape index (κ3) is 7.52. The minimum atomic E-state index is -0.595. The molecule has 0 aliphatic heterocycles. The molecular formula is C19H20BrNO5S. The fourth-order valence-electron chi connectivity index (χ4n) is 2.29. The molecule has 144 valence electrons. The number of carbonyl (C=O) groups excluding carboxylic acids is 2. The average molecular weight is 454 g/mol. The summed E-state index contributed by atoms with van der Waals surface area (Å²) in [7, 11) is 0.